The number of carboxylic acid groups (broad SMARTS) is 1. The Morgan fingerprint density at radius 2 is 1.96 bits per heavy atom. The first-order chi connectivity index (χ1) is 13.0. The Labute approximate surface area is 156 Å². The number of furan rings is 1. The quantitative estimate of drug-likeness (QED) is 0.748. The summed E-state index contributed by atoms with van der Waals surface area (Å²) in [5, 5.41) is 14.6. The second-order valence-electron chi connectivity index (χ2n) is 6.41. The highest BCUT2D eigenvalue weighted by Gasteiger charge is 2.27. The van der Waals surface area contributed by atoms with Crippen LogP contribution in [-0.2, 0) is 11.3 Å². The van der Waals surface area contributed by atoms with Crippen LogP contribution in [0, 0.1) is 5.92 Å². The van der Waals surface area contributed by atoms with Crippen LogP contribution in [0.4, 0.5) is 10.5 Å². The van der Waals surface area contributed by atoms with E-state index in [-0.39, 0.29) is 24.2 Å². The Morgan fingerprint density at radius 3 is 2.63 bits per heavy atom. The molecule has 1 aromatic carbocycles. The number of aliphatic carboxylic acids is 1. The molecule has 142 valence electrons. The number of hydrogen-bond donors (Lipinski definition) is 3. The van der Waals surface area contributed by atoms with Gasteiger partial charge in [-0.1, -0.05) is 12.1 Å². The minimum absolute atomic E-state index is 0.229. The fourth-order valence-corrected chi connectivity index (χ4v) is 2.96. The molecule has 1 saturated heterocycles. The first kappa shape index (κ1) is 18.5. The van der Waals surface area contributed by atoms with Crippen molar-refractivity contribution in [3.63, 3.8) is 0 Å². The van der Waals surface area contributed by atoms with Crippen LogP contribution in [0.3, 0.4) is 0 Å². The van der Waals surface area contributed by atoms with E-state index < -0.39 is 11.9 Å². The number of carboxylic acids is 1. The SMILES string of the molecule is O=C(Nc1ccc(CNC(=O)N2CCCC(C(=O)O)C2)cc1)c1ccco1. The fraction of sp³-hybridized carbons (Fsp3) is 0.316. The Bertz CT molecular complexity index is 801. The molecule has 8 nitrogen and oxygen atoms in total. The lowest BCUT2D eigenvalue weighted by molar-refractivity contribution is -0.143. The third-order valence-electron chi connectivity index (χ3n) is 4.46. The molecule has 0 radical (unpaired) electrons. The summed E-state index contributed by atoms with van der Waals surface area (Å²) in [6, 6.07) is 10.0. The van der Waals surface area contributed by atoms with Gasteiger partial charge in [0, 0.05) is 25.3 Å². The summed E-state index contributed by atoms with van der Waals surface area (Å²) in [6.07, 6.45) is 2.72. The second-order valence-corrected chi connectivity index (χ2v) is 6.41. The van der Waals surface area contributed by atoms with E-state index in [1.807, 2.05) is 0 Å². The van der Waals surface area contributed by atoms with Crippen LogP contribution < -0.4 is 10.6 Å². The van der Waals surface area contributed by atoms with Crippen molar-refractivity contribution in [1.82, 2.24) is 10.2 Å². The standard InChI is InChI=1S/C19H21N3O5/c23-17(16-4-2-10-27-16)21-15-7-5-13(6-8-15)11-20-19(26)22-9-1-3-14(12-22)18(24)25/h2,4-8,10,14H,1,3,9,11-12H2,(H,20,26)(H,21,23)(H,24,25). The van der Waals surface area contributed by atoms with Crippen LogP contribution in [0.5, 0.6) is 0 Å². The van der Waals surface area contributed by atoms with Crippen molar-refractivity contribution in [2.75, 3.05) is 18.4 Å². The highest BCUT2D eigenvalue weighted by molar-refractivity contribution is 6.02. The van der Waals surface area contributed by atoms with Crippen molar-refractivity contribution < 1.29 is 23.9 Å². The summed E-state index contributed by atoms with van der Waals surface area (Å²) in [4.78, 5) is 36.8. The molecule has 1 aliphatic heterocycles. The lowest BCUT2D eigenvalue weighted by atomic mass is 9.99. The summed E-state index contributed by atoms with van der Waals surface area (Å²) >= 11 is 0. The molecule has 2 aromatic rings. The zero-order chi connectivity index (χ0) is 19.2. The van der Waals surface area contributed by atoms with E-state index in [0.717, 1.165) is 5.56 Å². The van der Waals surface area contributed by atoms with Gasteiger partial charge in [0.05, 0.1) is 12.2 Å². The molecule has 3 amide bonds. The number of carbonyl (C=O) groups excluding carboxylic acids is 2. The number of likely N-dealkylation sites (tertiary alicyclic amines) is 1. The zero-order valence-electron chi connectivity index (χ0n) is 14.7. The van der Waals surface area contributed by atoms with Gasteiger partial charge in [-0.25, -0.2) is 4.79 Å². The van der Waals surface area contributed by atoms with Crippen molar-refractivity contribution in [2.24, 2.45) is 5.92 Å². The van der Waals surface area contributed by atoms with Gasteiger partial charge in [0.15, 0.2) is 5.76 Å². The van der Waals surface area contributed by atoms with Crippen molar-refractivity contribution in [1.29, 1.82) is 0 Å². The largest absolute Gasteiger partial charge is 0.481 e. The van der Waals surface area contributed by atoms with Gasteiger partial charge in [0.2, 0.25) is 0 Å². The van der Waals surface area contributed by atoms with E-state index in [1.165, 1.54) is 6.26 Å². The van der Waals surface area contributed by atoms with E-state index >= 15 is 0 Å². The van der Waals surface area contributed by atoms with Crippen LogP contribution in [0.15, 0.2) is 47.1 Å². The van der Waals surface area contributed by atoms with E-state index in [9.17, 15) is 14.4 Å². The molecule has 0 spiro atoms. The van der Waals surface area contributed by atoms with Gasteiger partial charge in [0.25, 0.3) is 5.91 Å². The third kappa shape index (κ3) is 4.87. The Morgan fingerprint density at radius 1 is 1.19 bits per heavy atom. The number of benzene rings is 1. The molecule has 3 rings (SSSR count). The minimum Gasteiger partial charge on any atom is -0.481 e. The lowest BCUT2D eigenvalue weighted by Gasteiger charge is -2.30. The molecule has 8 heteroatoms. The maximum absolute atomic E-state index is 12.2. The zero-order valence-corrected chi connectivity index (χ0v) is 14.7. The van der Waals surface area contributed by atoms with Gasteiger partial charge in [-0.05, 0) is 42.7 Å². The molecule has 27 heavy (non-hydrogen) atoms. The topological polar surface area (TPSA) is 112 Å². The summed E-state index contributed by atoms with van der Waals surface area (Å²) in [6.45, 7) is 1.12. The molecule has 0 aliphatic carbocycles. The van der Waals surface area contributed by atoms with Crippen molar-refractivity contribution in [3.8, 4) is 0 Å². The maximum atomic E-state index is 12.2. The van der Waals surface area contributed by atoms with Gasteiger partial charge in [-0.3, -0.25) is 9.59 Å². The molecule has 2 heterocycles. The molecular weight excluding hydrogens is 350 g/mol. The predicted molar refractivity (Wildman–Crippen MR) is 97.3 cm³/mol. The van der Waals surface area contributed by atoms with Crippen LogP contribution in [-0.4, -0.2) is 41.0 Å². The van der Waals surface area contributed by atoms with Gasteiger partial charge >= 0.3 is 12.0 Å². The number of anilines is 1. The van der Waals surface area contributed by atoms with Crippen molar-refractivity contribution in [2.45, 2.75) is 19.4 Å². The minimum atomic E-state index is -0.861. The van der Waals surface area contributed by atoms with Crippen molar-refractivity contribution in [3.05, 3.63) is 54.0 Å². The number of piperidine rings is 1. The van der Waals surface area contributed by atoms with Crippen LogP contribution in [0.2, 0.25) is 0 Å². The highest BCUT2D eigenvalue weighted by atomic mass is 16.4. The van der Waals surface area contributed by atoms with E-state index in [1.54, 1.807) is 41.3 Å². The molecule has 1 unspecified atom stereocenters. The Kier molecular flexibility index (Phi) is 5.75. The summed E-state index contributed by atoms with van der Waals surface area (Å²) in [5.41, 5.74) is 1.48. The first-order valence-corrected chi connectivity index (χ1v) is 8.72. The molecule has 1 fully saturated rings. The number of hydrogen-bond acceptors (Lipinski definition) is 4. The van der Waals surface area contributed by atoms with E-state index in [4.69, 9.17) is 9.52 Å². The monoisotopic (exact) mass is 371 g/mol. The fourth-order valence-electron chi connectivity index (χ4n) is 2.96. The van der Waals surface area contributed by atoms with Gasteiger partial charge in [0.1, 0.15) is 0 Å². The molecule has 3 N–H and O–H groups in total. The van der Waals surface area contributed by atoms with Crippen LogP contribution in [0.25, 0.3) is 0 Å². The highest BCUT2D eigenvalue weighted by Crippen LogP contribution is 2.17. The normalized spacial score (nSPS) is 16.6. The number of urea groups is 1. The van der Waals surface area contributed by atoms with Crippen molar-refractivity contribution >= 4 is 23.6 Å². The average Bonchev–Trinajstić information content (AvgIpc) is 3.22. The summed E-state index contributed by atoms with van der Waals surface area (Å²) in [5.74, 6) is -1.46. The second kappa shape index (κ2) is 8.39. The number of rotatable bonds is 5. The van der Waals surface area contributed by atoms with Gasteiger partial charge in [-0.15, -0.1) is 0 Å². The predicted octanol–water partition coefficient (Wildman–Crippen LogP) is 2.54. The number of amides is 3. The smallest absolute Gasteiger partial charge is 0.317 e. The van der Waals surface area contributed by atoms with Gasteiger partial charge < -0.3 is 25.1 Å². The molecule has 0 saturated carbocycles. The molecule has 1 aliphatic rings. The van der Waals surface area contributed by atoms with E-state index in [0.29, 0.717) is 31.6 Å². The number of carbonyl (C=O) groups is 3. The Balaban J connectivity index is 1.49. The molecule has 1 aromatic heterocycles. The lowest BCUT2D eigenvalue weighted by Crippen LogP contribution is -2.46. The maximum Gasteiger partial charge on any atom is 0.317 e. The van der Waals surface area contributed by atoms with E-state index in [2.05, 4.69) is 10.6 Å². The number of nitrogens with one attached hydrogen (secondary N) is 2. The molecule has 0 bridgehead atoms. The molecular formula is C19H21N3O5. The third-order valence-corrected chi connectivity index (χ3v) is 4.46. The van der Waals surface area contributed by atoms with Crippen LogP contribution >= 0.6 is 0 Å². The average molecular weight is 371 g/mol. The Hall–Kier alpha value is -3.29. The summed E-state index contributed by atoms with van der Waals surface area (Å²) in [7, 11) is 0. The molecule has 1 atom stereocenters. The number of nitrogens with zero attached hydrogens (tertiary/aromatic N) is 1. The van der Waals surface area contributed by atoms with Crippen LogP contribution in [0.1, 0.15) is 29.0 Å². The van der Waals surface area contributed by atoms with Gasteiger partial charge in [-0.2, -0.15) is 0 Å². The first-order valence-electron chi connectivity index (χ1n) is 8.72. The summed E-state index contributed by atoms with van der Waals surface area (Å²) < 4.78 is 5.04.